The molecule has 0 spiro atoms. The van der Waals surface area contributed by atoms with Gasteiger partial charge in [-0.2, -0.15) is 0 Å². The summed E-state index contributed by atoms with van der Waals surface area (Å²) in [5, 5.41) is 12.2. The summed E-state index contributed by atoms with van der Waals surface area (Å²) in [6, 6.07) is 13.4. The number of anilines is 1. The van der Waals surface area contributed by atoms with Gasteiger partial charge in [0.25, 0.3) is 0 Å². The quantitative estimate of drug-likeness (QED) is 0.893. The van der Waals surface area contributed by atoms with Crippen LogP contribution in [0.4, 0.5) is 5.69 Å². The molecule has 0 amide bonds. The molecule has 0 aliphatic rings. The lowest BCUT2D eigenvalue weighted by molar-refractivity contribution is 0.0696. The molecule has 0 radical (unpaired) electrons. The number of carbonyl (C=O) groups is 1. The Kier molecular flexibility index (Phi) is 4.22. The molecule has 0 aromatic heterocycles. The first-order chi connectivity index (χ1) is 9.06. The van der Waals surface area contributed by atoms with Crippen molar-refractivity contribution in [3.63, 3.8) is 0 Å². The van der Waals surface area contributed by atoms with Gasteiger partial charge in [-0.1, -0.05) is 29.8 Å². The predicted molar refractivity (Wildman–Crippen MR) is 79.6 cm³/mol. The average molecular weight is 320 g/mol. The molecule has 0 atom stereocenters. The van der Waals surface area contributed by atoms with Crippen LogP contribution in [0.2, 0.25) is 0 Å². The number of benzene rings is 2. The summed E-state index contributed by atoms with van der Waals surface area (Å²) in [5.74, 6) is -0.933. The van der Waals surface area contributed by atoms with Gasteiger partial charge in [-0.25, -0.2) is 4.79 Å². The van der Waals surface area contributed by atoms with Crippen LogP contribution in [0.15, 0.2) is 46.9 Å². The van der Waals surface area contributed by atoms with E-state index in [1.54, 1.807) is 18.2 Å². The molecule has 98 valence electrons. The maximum Gasteiger partial charge on any atom is 0.336 e. The molecule has 0 unspecified atom stereocenters. The number of hydrogen-bond donors (Lipinski definition) is 2. The Morgan fingerprint density at radius 3 is 2.47 bits per heavy atom. The van der Waals surface area contributed by atoms with Crippen LogP contribution in [0, 0.1) is 6.92 Å². The monoisotopic (exact) mass is 319 g/mol. The Morgan fingerprint density at radius 1 is 1.21 bits per heavy atom. The smallest absolute Gasteiger partial charge is 0.336 e. The lowest BCUT2D eigenvalue weighted by atomic mass is 10.1. The Labute approximate surface area is 120 Å². The van der Waals surface area contributed by atoms with Crippen molar-refractivity contribution in [2.45, 2.75) is 13.5 Å². The zero-order valence-electron chi connectivity index (χ0n) is 10.5. The summed E-state index contributed by atoms with van der Waals surface area (Å²) >= 11 is 3.26. The molecule has 0 bridgehead atoms. The fraction of sp³-hybridized carbons (Fsp3) is 0.133. The van der Waals surface area contributed by atoms with Crippen LogP contribution in [-0.4, -0.2) is 11.1 Å². The van der Waals surface area contributed by atoms with Crippen LogP contribution in [0.25, 0.3) is 0 Å². The van der Waals surface area contributed by atoms with Crippen LogP contribution < -0.4 is 5.32 Å². The maximum atomic E-state index is 10.9. The number of halogens is 1. The van der Waals surface area contributed by atoms with Crippen molar-refractivity contribution < 1.29 is 9.90 Å². The molecule has 4 heteroatoms. The summed E-state index contributed by atoms with van der Waals surface area (Å²) in [5.41, 5.74) is 3.57. The molecule has 2 N–H and O–H groups in total. The minimum atomic E-state index is -0.933. The second kappa shape index (κ2) is 5.89. The van der Waals surface area contributed by atoms with Crippen molar-refractivity contribution in [3.8, 4) is 0 Å². The van der Waals surface area contributed by atoms with Crippen LogP contribution in [0.5, 0.6) is 0 Å². The standard InChI is InChI=1S/C15H14BrNO2/c1-10-2-4-11(5-3-10)9-17-12-6-7-13(15(18)19)14(16)8-12/h2-8,17H,9H2,1H3,(H,18,19). The first kappa shape index (κ1) is 13.6. The number of aryl methyl sites for hydroxylation is 1. The van der Waals surface area contributed by atoms with E-state index in [1.807, 2.05) is 0 Å². The third-order valence-electron chi connectivity index (χ3n) is 2.82. The van der Waals surface area contributed by atoms with Gasteiger partial charge in [0, 0.05) is 16.7 Å². The average Bonchev–Trinajstić information content (AvgIpc) is 2.37. The van der Waals surface area contributed by atoms with Crippen molar-refractivity contribution in [1.82, 2.24) is 0 Å². The first-order valence-corrected chi connectivity index (χ1v) is 6.68. The molecule has 0 saturated heterocycles. The Hall–Kier alpha value is -1.81. The highest BCUT2D eigenvalue weighted by atomic mass is 79.9. The molecule has 0 saturated carbocycles. The van der Waals surface area contributed by atoms with Gasteiger partial charge in [-0.15, -0.1) is 0 Å². The third kappa shape index (κ3) is 3.58. The van der Waals surface area contributed by atoms with Gasteiger partial charge in [0.2, 0.25) is 0 Å². The predicted octanol–water partition coefficient (Wildman–Crippen LogP) is 4.07. The first-order valence-electron chi connectivity index (χ1n) is 5.88. The fourth-order valence-electron chi connectivity index (χ4n) is 1.71. The van der Waals surface area contributed by atoms with Gasteiger partial charge in [0.1, 0.15) is 0 Å². The SMILES string of the molecule is Cc1ccc(CNc2ccc(C(=O)O)c(Br)c2)cc1. The highest BCUT2D eigenvalue weighted by Crippen LogP contribution is 2.22. The Morgan fingerprint density at radius 2 is 1.89 bits per heavy atom. The number of carboxylic acids is 1. The second-order valence-electron chi connectivity index (χ2n) is 4.34. The number of carboxylic acid groups (broad SMARTS) is 1. The number of aromatic carboxylic acids is 1. The van der Waals surface area contributed by atoms with Gasteiger partial charge < -0.3 is 10.4 Å². The van der Waals surface area contributed by atoms with E-state index in [2.05, 4.69) is 52.4 Å². The lowest BCUT2D eigenvalue weighted by Gasteiger charge is -2.08. The van der Waals surface area contributed by atoms with E-state index in [9.17, 15) is 4.79 Å². The Bertz CT molecular complexity index is 594. The van der Waals surface area contributed by atoms with Gasteiger partial charge in [-0.3, -0.25) is 0 Å². The molecule has 2 aromatic carbocycles. The summed E-state index contributed by atoms with van der Waals surface area (Å²) in [6.07, 6.45) is 0. The van der Waals surface area contributed by atoms with E-state index in [4.69, 9.17) is 5.11 Å². The number of hydrogen-bond acceptors (Lipinski definition) is 2. The second-order valence-corrected chi connectivity index (χ2v) is 5.19. The summed E-state index contributed by atoms with van der Waals surface area (Å²) in [7, 11) is 0. The maximum absolute atomic E-state index is 10.9. The normalized spacial score (nSPS) is 10.2. The molecule has 19 heavy (non-hydrogen) atoms. The largest absolute Gasteiger partial charge is 0.478 e. The molecule has 2 rings (SSSR count). The third-order valence-corrected chi connectivity index (χ3v) is 3.47. The zero-order chi connectivity index (χ0) is 13.8. The van der Waals surface area contributed by atoms with E-state index in [1.165, 1.54) is 11.1 Å². The molecular formula is C15H14BrNO2. The lowest BCUT2D eigenvalue weighted by Crippen LogP contribution is -2.02. The van der Waals surface area contributed by atoms with Crippen LogP contribution in [-0.2, 0) is 6.54 Å². The van der Waals surface area contributed by atoms with E-state index in [0.717, 1.165) is 5.69 Å². The van der Waals surface area contributed by atoms with Crippen LogP contribution in [0.1, 0.15) is 21.5 Å². The molecular weight excluding hydrogens is 306 g/mol. The molecule has 0 aliphatic carbocycles. The number of nitrogens with one attached hydrogen (secondary N) is 1. The zero-order valence-corrected chi connectivity index (χ0v) is 12.1. The van der Waals surface area contributed by atoms with Crippen molar-refractivity contribution in [3.05, 3.63) is 63.6 Å². The minimum absolute atomic E-state index is 0.265. The minimum Gasteiger partial charge on any atom is -0.478 e. The van der Waals surface area contributed by atoms with Crippen molar-refractivity contribution in [1.29, 1.82) is 0 Å². The van der Waals surface area contributed by atoms with Crippen LogP contribution >= 0.6 is 15.9 Å². The molecule has 3 nitrogen and oxygen atoms in total. The van der Waals surface area contributed by atoms with E-state index in [-0.39, 0.29) is 5.56 Å². The summed E-state index contributed by atoms with van der Waals surface area (Å²) in [6.45, 7) is 2.76. The fourth-order valence-corrected chi connectivity index (χ4v) is 2.26. The van der Waals surface area contributed by atoms with Gasteiger partial charge in [0.05, 0.1) is 5.56 Å². The molecule has 0 aliphatic heterocycles. The van der Waals surface area contributed by atoms with Crippen molar-refractivity contribution in [2.75, 3.05) is 5.32 Å². The molecule has 2 aromatic rings. The summed E-state index contributed by atoms with van der Waals surface area (Å²) < 4.78 is 0.578. The van der Waals surface area contributed by atoms with Gasteiger partial charge in [0.15, 0.2) is 0 Å². The number of rotatable bonds is 4. The van der Waals surface area contributed by atoms with Gasteiger partial charge in [-0.05, 0) is 46.6 Å². The molecule has 0 fully saturated rings. The highest BCUT2D eigenvalue weighted by Gasteiger charge is 2.08. The Balaban J connectivity index is 2.06. The highest BCUT2D eigenvalue weighted by molar-refractivity contribution is 9.10. The topological polar surface area (TPSA) is 49.3 Å². The van der Waals surface area contributed by atoms with E-state index >= 15 is 0 Å². The van der Waals surface area contributed by atoms with Crippen molar-refractivity contribution >= 4 is 27.6 Å². The van der Waals surface area contributed by atoms with E-state index < -0.39 is 5.97 Å². The van der Waals surface area contributed by atoms with Crippen molar-refractivity contribution in [2.24, 2.45) is 0 Å². The molecule has 0 heterocycles. The summed E-state index contributed by atoms with van der Waals surface area (Å²) in [4.78, 5) is 10.9. The van der Waals surface area contributed by atoms with E-state index in [0.29, 0.717) is 11.0 Å². The van der Waals surface area contributed by atoms with Gasteiger partial charge >= 0.3 is 5.97 Å². The van der Waals surface area contributed by atoms with Crippen LogP contribution in [0.3, 0.4) is 0 Å².